The molecule has 0 spiro atoms. The van der Waals surface area contributed by atoms with Gasteiger partial charge in [0.2, 0.25) is 0 Å². The third-order valence-corrected chi connectivity index (χ3v) is 1.52. The monoisotopic (exact) mass is 215 g/mol. The Kier molecular flexibility index (Phi) is 3.67. The van der Waals surface area contributed by atoms with Crippen LogP contribution in [0.5, 0.6) is 0 Å². The first-order valence-corrected chi connectivity index (χ1v) is 4.10. The lowest BCUT2D eigenvalue weighted by Gasteiger charge is -2.06. The normalized spacial score (nSPS) is 19.7. The first-order chi connectivity index (χ1) is 7.08. The SMILES string of the molecule is O=C(O)/C=C\C(=O)OC[C@H]1CNC(=O)O1. The van der Waals surface area contributed by atoms with E-state index < -0.39 is 24.1 Å². The predicted octanol–water partition coefficient (Wildman–Crippen LogP) is -0.721. The number of aliphatic carboxylic acids is 1. The number of carboxylic acid groups (broad SMARTS) is 1. The average Bonchev–Trinajstić information content (AvgIpc) is 2.58. The second-order valence-electron chi connectivity index (χ2n) is 2.71. The lowest BCUT2D eigenvalue weighted by molar-refractivity contribution is -0.140. The lowest BCUT2D eigenvalue weighted by atomic mass is 10.4. The highest BCUT2D eigenvalue weighted by Gasteiger charge is 2.23. The minimum Gasteiger partial charge on any atom is -0.478 e. The standard InChI is InChI=1S/C8H9NO6/c10-6(11)1-2-7(12)14-4-5-3-9-8(13)15-5/h1-2,5H,3-4H2,(H,9,13)(H,10,11)/b2-1-/t5-/m1/s1. The Morgan fingerprint density at radius 2 is 2.33 bits per heavy atom. The highest BCUT2D eigenvalue weighted by atomic mass is 16.6. The van der Waals surface area contributed by atoms with Crippen LogP contribution in [0.2, 0.25) is 0 Å². The van der Waals surface area contributed by atoms with Crippen molar-refractivity contribution in [3.05, 3.63) is 12.2 Å². The smallest absolute Gasteiger partial charge is 0.407 e. The van der Waals surface area contributed by atoms with Crippen molar-refractivity contribution in [2.45, 2.75) is 6.10 Å². The van der Waals surface area contributed by atoms with Gasteiger partial charge >= 0.3 is 18.0 Å². The van der Waals surface area contributed by atoms with Crippen LogP contribution in [0, 0.1) is 0 Å². The van der Waals surface area contributed by atoms with Crippen molar-refractivity contribution in [3.8, 4) is 0 Å². The fourth-order valence-electron chi connectivity index (χ4n) is 0.887. The largest absolute Gasteiger partial charge is 0.478 e. The molecular weight excluding hydrogens is 206 g/mol. The van der Waals surface area contributed by atoms with Gasteiger partial charge in [0.15, 0.2) is 6.10 Å². The lowest BCUT2D eigenvalue weighted by Crippen LogP contribution is -2.21. The molecule has 15 heavy (non-hydrogen) atoms. The summed E-state index contributed by atoms with van der Waals surface area (Å²) in [6.07, 6.45) is 0.380. The number of hydrogen-bond donors (Lipinski definition) is 2. The number of rotatable bonds is 4. The summed E-state index contributed by atoms with van der Waals surface area (Å²) in [5.41, 5.74) is 0. The number of nitrogens with one attached hydrogen (secondary N) is 1. The first-order valence-electron chi connectivity index (χ1n) is 4.10. The van der Waals surface area contributed by atoms with E-state index in [-0.39, 0.29) is 13.2 Å². The molecule has 7 nitrogen and oxygen atoms in total. The number of amides is 1. The van der Waals surface area contributed by atoms with Crippen molar-refractivity contribution < 1.29 is 29.0 Å². The summed E-state index contributed by atoms with van der Waals surface area (Å²) in [4.78, 5) is 31.4. The van der Waals surface area contributed by atoms with Gasteiger partial charge in [0.25, 0.3) is 0 Å². The van der Waals surface area contributed by atoms with Crippen LogP contribution >= 0.6 is 0 Å². The number of carboxylic acids is 1. The average molecular weight is 215 g/mol. The Bertz CT molecular complexity index is 310. The van der Waals surface area contributed by atoms with E-state index in [1.54, 1.807) is 0 Å². The maximum atomic E-state index is 10.9. The van der Waals surface area contributed by atoms with Gasteiger partial charge in [-0.05, 0) is 0 Å². The van der Waals surface area contributed by atoms with Crippen LogP contribution in [-0.4, -0.2) is 42.4 Å². The van der Waals surface area contributed by atoms with E-state index >= 15 is 0 Å². The van der Waals surface area contributed by atoms with Crippen LogP contribution < -0.4 is 5.32 Å². The number of carbonyl (C=O) groups is 3. The van der Waals surface area contributed by atoms with Gasteiger partial charge in [0.05, 0.1) is 6.54 Å². The molecule has 0 saturated carbocycles. The Balaban J connectivity index is 2.22. The van der Waals surface area contributed by atoms with Gasteiger partial charge in [-0.3, -0.25) is 0 Å². The minimum atomic E-state index is -1.24. The number of hydrogen-bond acceptors (Lipinski definition) is 5. The second-order valence-corrected chi connectivity index (χ2v) is 2.71. The number of cyclic esters (lactones) is 1. The zero-order chi connectivity index (χ0) is 11.3. The van der Waals surface area contributed by atoms with Crippen molar-refractivity contribution in [2.24, 2.45) is 0 Å². The Labute approximate surface area is 84.7 Å². The molecule has 1 heterocycles. The molecule has 7 heteroatoms. The van der Waals surface area contributed by atoms with E-state index in [0.29, 0.717) is 6.08 Å². The molecular formula is C8H9NO6. The minimum absolute atomic E-state index is 0.0957. The number of ether oxygens (including phenoxy) is 2. The van der Waals surface area contributed by atoms with Crippen LogP contribution in [0.25, 0.3) is 0 Å². The maximum Gasteiger partial charge on any atom is 0.407 e. The van der Waals surface area contributed by atoms with Crippen molar-refractivity contribution in [1.29, 1.82) is 0 Å². The summed E-state index contributed by atoms with van der Waals surface area (Å²) in [5, 5.41) is 10.6. The number of esters is 1. The van der Waals surface area contributed by atoms with Crippen LogP contribution in [0.15, 0.2) is 12.2 Å². The van der Waals surface area contributed by atoms with Crippen molar-refractivity contribution in [2.75, 3.05) is 13.2 Å². The van der Waals surface area contributed by atoms with E-state index in [1.807, 2.05) is 0 Å². The molecule has 1 rings (SSSR count). The number of carbonyl (C=O) groups excluding carboxylic acids is 2. The first kappa shape index (κ1) is 11.0. The third kappa shape index (κ3) is 4.12. The molecule has 0 bridgehead atoms. The summed E-state index contributed by atoms with van der Waals surface area (Å²) < 4.78 is 9.29. The molecule has 1 aliphatic heterocycles. The summed E-state index contributed by atoms with van der Waals surface area (Å²) in [6, 6.07) is 0. The fourth-order valence-corrected chi connectivity index (χ4v) is 0.887. The highest BCUT2D eigenvalue weighted by Crippen LogP contribution is 2.00. The van der Waals surface area contributed by atoms with Gasteiger partial charge in [-0.1, -0.05) is 0 Å². The molecule has 1 saturated heterocycles. The van der Waals surface area contributed by atoms with Crippen molar-refractivity contribution in [1.82, 2.24) is 5.32 Å². The van der Waals surface area contributed by atoms with E-state index in [1.165, 1.54) is 0 Å². The molecule has 1 amide bonds. The Morgan fingerprint density at radius 3 is 2.87 bits per heavy atom. The Morgan fingerprint density at radius 1 is 1.60 bits per heavy atom. The zero-order valence-corrected chi connectivity index (χ0v) is 7.63. The van der Waals surface area contributed by atoms with Crippen LogP contribution in [0.1, 0.15) is 0 Å². The molecule has 82 valence electrons. The fraction of sp³-hybridized carbons (Fsp3) is 0.375. The molecule has 0 aliphatic carbocycles. The van der Waals surface area contributed by atoms with E-state index in [0.717, 1.165) is 6.08 Å². The molecule has 0 unspecified atom stereocenters. The molecule has 0 aromatic rings. The second kappa shape index (κ2) is 4.99. The van der Waals surface area contributed by atoms with E-state index in [9.17, 15) is 14.4 Å². The van der Waals surface area contributed by atoms with Gasteiger partial charge in [-0.25, -0.2) is 14.4 Å². The van der Waals surface area contributed by atoms with Crippen molar-refractivity contribution >= 4 is 18.0 Å². The molecule has 1 fully saturated rings. The molecule has 0 radical (unpaired) electrons. The van der Waals surface area contributed by atoms with E-state index in [2.05, 4.69) is 14.8 Å². The van der Waals surface area contributed by atoms with Gasteiger partial charge in [0, 0.05) is 12.2 Å². The zero-order valence-electron chi connectivity index (χ0n) is 7.63. The van der Waals surface area contributed by atoms with Crippen LogP contribution in [0.3, 0.4) is 0 Å². The summed E-state index contributed by atoms with van der Waals surface area (Å²) in [5.74, 6) is -2.03. The van der Waals surface area contributed by atoms with Gasteiger partial charge in [-0.15, -0.1) is 0 Å². The van der Waals surface area contributed by atoms with Gasteiger partial charge in [0.1, 0.15) is 6.61 Å². The molecule has 1 atom stereocenters. The third-order valence-electron chi connectivity index (χ3n) is 1.52. The maximum absolute atomic E-state index is 10.9. The van der Waals surface area contributed by atoms with Crippen LogP contribution in [-0.2, 0) is 19.1 Å². The Hall–Kier alpha value is -2.05. The van der Waals surface area contributed by atoms with Gasteiger partial charge < -0.3 is 19.9 Å². The van der Waals surface area contributed by atoms with E-state index in [4.69, 9.17) is 5.11 Å². The highest BCUT2D eigenvalue weighted by molar-refractivity contribution is 5.90. The molecule has 0 aromatic carbocycles. The topological polar surface area (TPSA) is 102 Å². The number of alkyl carbamates (subject to hydrolysis) is 1. The van der Waals surface area contributed by atoms with Crippen LogP contribution in [0.4, 0.5) is 4.79 Å². The molecule has 2 N–H and O–H groups in total. The molecule has 1 aliphatic rings. The van der Waals surface area contributed by atoms with Gasteiger partial charge in [-0.2, -0.15) is 0 Å². The summed E-state index contributed by atoms with van der Waals surface area (Å²) in [7, 11) is 0. The summed E-state index contributed by atoms with van der Waals surface area (Å²) >= 11 is 0. The van der Waals surface area contributed by atoms with Crippen molar-refractivity contribution in [3.63, 3.8) is 0 Å². The quantitative estimate of drug-likeness (QED) is 0.474. The predicted molar refractivity (Wildman–Crippen MR) is 46.0 cm³/mol. The summed E-state index contributed by atoms with van der Waals surface area (Å²) in [6.45, 7) is 0.177. The molecule has 0 aromatic heterocycles.